The molecule has 2 aromatic rings. The lowest BCUT2D eigenvalue weighted by Gasteiger charge is -2.30. The predicted octanol–water partition coefficient (Wildman–Crippen LogP) is 5.64. The van der Waals surface area contributed by atoms with E-state index in [1.54, 1.807) is 0 Å². The van der Waals surface area contributed by atoms with E-state index >= 15 is 0 Å². The Kier molecular flexibility index (Phi) is 5.84. The maximum Gasteiger partial charge on any atom is 0.241 e. The summed E-state index contributed by atoms with van der Waals surface area (Å²) in [4.78, 5) is 18.7. The number of allylic oxidation sites excluding steroid dienone is 3. The zero-order chi connectivity index (χ0) is 22.0. The smallest absolute Gasteiger partial charge is 0.241 e. The number of fused-ring (bicyclic) bond motifs is 3. The van der Waals surface area contributed by atoms with Gasteiger partial charge in [0.15, 0.2) is 0 Å². The van der Waals surface area contributed by atoms with E-state index in [1.807, 2.05) is 29.2 Å². The number of hydrogen-bond acceptors (Lipinski definition) is 2. The molecule has 2 bridgehead atoms. The third-order valence-corrected chi connectivity index (χ3v) is 7.23. The summed E-state index contributed by atoms with van der Waals surface area (Å²) in [6.45, 7) is 4.80. The van der Waals surface area contributed by atoms with Crippen LogP contribution in [0.2, 0.25) is 0 Å². The number of carbonyl (C=O) groups excluding carboxylic acids is 1. The van der Waals surface area contributed by atoms with E-state index in [9.17, 15) is 4.79 Å². The zero-order valence-corrected chi connectivity index (χ0v) is 18.9. The summed E-state index contributed by atoms with van der Waals surface area (Å²) < 4.78 is 0. The molecule has 1 saturated heterocycles. The highest BCUT2D eigenvalue weighted by Crippen LogP contribution is 2.46. The van der Waals surface area contributed by atoms with Gasteiger partial charge in [0.2, 0.25) is 5.91 Å². The van der Waals surface area contributed by atoms with Crippen molar-refractivity contribution in [2.75, 3.05) is 18.0 Å². The number of amides is 1. The van der Waals surface area contributed by atoms with Gasteiger partial charge in [-0.2, -0.15) is 0 Å². The topological polar surface area (TPSA) is 23.6 Å². The van der Waals surface area contributed by atoms with Gasteiger partial charge in [-0.3, -0.25) is 9.69 Å². The Morgan fingerprint density at radius 1 is 1.03 bits per heavy atom. The first-order chi connectivity index (χ1) is 15.7. The highest BCUT2D eigenvalue weighted by Gasteiger charge is 2.49. The summed E-state index contributed by atoms with van der Waals surface area (Å²) in [6.07, 6.45) is 16.2. The summed E-state index contributed by atoms with van der Waals surface area (Å²) in [5, 5.41) is 0. The Balaban J connectivity index is 1.49. The van der Waals surface area contributed by atoms with E-state index in [-0.39, 0.29) is 5.91 Å². The second-order valence-electron chi connectivity index (χ2n) is 9.25. The summed E-state index contributed by atoms with van der Waals surface area (Å²) in [5.41, 5.74) is 2.73. The fourth-order valence-corrected chi connectivity index (χ4v) is 5.57. The lowest BCUT2D eigenvalue weighted by molar-refractivity contribution is -0.122. The summed E-state index contributed by atoms with van der Waals surface area (Å²) in [5.74, 6) is 0.892. The van der Waals surface area contributed by atoms with Crippen LogP contribution in [0.25, 0.3) is 0 Å². The molecule has 3 atom stereocenters. The fourth-order valence-electron chi connectivity index (χ4n) is 5.57. The molecule has 2 heterocycles. The molecule has 0 spiro atoms. The summed E-state index contributed by atoms with van der Waals surface area (Å²) in [6, 6.07) is 19.2. The van der Waals surface area contributed by atoms with Gasteiger partial charge in [0.05, 0.1) is 12.0 Å². The van der Waals surface area contributed by atoms with Crippen molar-refractivity contribution in [3.63, 3.8) is 0 Å². The molecule has 3 aliphatic rings. The summed E-state index contributed by atoms with van der Waals surface area (Å²) >= 11 is 0. The van der Waals surface area contributed by atoms with Crippen molar-refractivity contribution in [1.82, 2.24) is 4.90 Å². The molecule has 3 heteroatoms. The van der Waals surface area contributed by atoms with E-state index < -0.39 is 5.41 Å². The van der Waals surface area contributed by atoms with Crippen molar-refractivity contribution >= 4 is 11.6 Å². The molecular formula is C29H32N2O. The van der Waals surface area contributed by atoms with Crippen LogP contribution < -0.4 is 4.90 Å². The Morgan fingerprint density at radius 2 is 1.84 bits per heavy atom. The molecular weight excluding hydrogens is 392 g/mol. The Labute approximate surface area is 191 Å². The monoisotopic (exact) mass is 424 g/mol. The van der Waals surface area contributed by atoms with E-state index in [0.717, 1.165) is 42.7 Å². The Hall–Kier alpha value is -2.91. The molecule has 2 aliphatic heterocycles. The molecule has 1 fully saturated rings. The van der Waals surface area contributed by atoms with Gasteiger partial charge in [0.1, 0.15) is 0 Å². The number of hydrogen-bond donors (Lipinski definition) is 0. The molecule has 1 aliphatic carbocycles. The van der Waals surface area contributed by atoms with Crippen LogP contribution in [-0.4, -0.2) is 29.9 Å². The first-order valence-electron chi connectivity index (χ1n) is 11.9. The zero-order valence-electron chi connectivity index (χ0n) is 18.9. The predicted molar refractivity (Wildman–Crippen MR) is 132 cm³/mol. The van der Waals surface area contributed by atoms with Crippen molar-refractivity contribution in [2.45, 2.75) is 44.2 Å². The van der Waals surface area contributed by atoms with Crippen LogP contribution in [0.1, 0.15) is 37.3 Å². The van der Waals surface area contributed by atoms with Crippen LogP contribution >= 0.6 is 0 Å². The molecule has 5 rings (SSSR count). The van der Waals surface area contributed by atoms with Crippen LogP contribution in [0.4, 0.5) is 5.69 Å². The van der Waals surface area contributed by atoms with Gasteiger partial charge in [-0.25, -0.2) is 0 Å². The number of likely N-dealkylation sites (tertiary alicyclic amines) is 1. The Morgan fingerprint density at radius 3 is 2.59 bits per heavy atom. The fraction of sp³-hybridized carbons (Fsp3) is 0.345. The Bertz CT molecular complexity index is 1050. The molecule has 32 heavy (non-hydrogen) atoms. The van der Waals surface area contributed by atoms with Gasteiger partial charge in [-0.1, -0.05) is 91.9 Å². The third-order valence-electron chi connectivity index (χ3n) is 7.23. The highest BCUT2D eigenvalue weighted by molar-refractivity contribution is 6.09. The van der Waals surface area contributed by atoms with Gasteiger partial charge < -0.3 is 4.90 Å². The number of rotatable bonds is 8. The number of para-hydroxylation sites is 1. The lowest BCUT2D eigenvalue weighted by atomic mass is 9.78. The minimum atomic E-state index is -0.616. The normalized spacial score (nSPS) is 26.8. The molecule has 3 nitrogen and oxygen atoms in total. The number of anilines is 1. The van der Waals surface area contributed by atoms with Crippen molar-refractivity contribution in [3.05, 3.63) is 102 Å². The average molecular weight is 425 g/mol. The van der Waals surface area contributed by atoms with Gasteiger partial charge in [0, 0.05) is 24.8 Å². The van der Waals surface area contributed by atoms with Crippen LogP contribution in [0.15, 0.2) is 91.1 Å². The van der Waals surface area contributed by atoms with E-state index in [0.29, 0.717) is 18.5 Å². The SMILES string of the molecule is CC/C=C/C=C/C1(CCN2CC3C=CC2C3)C(=O)N(Cc2ccccc2)c2ccccc21. The number of carbonyl (C=O) groups is 1. The minimum Gasteiger partial charge on any atom is -0.307 e. The van der Waals surface area contributed by atoms with E-state index in [1.165, 1.54) is 6.42 Å². The van der Waals surface area contributed by atoms with Crippen LogP contribution in [0.3, 0.4) is 0 Å². The van der Waals surface area contributed by atoms with E-state index in [4.69, 9.17) is 0 Å². The summed E-state index contributed by atoms with van der Waals surface area (Å²) in [7, 11) is 0. The maximum absolute atomic E-state index is 14.1. The van der Waals surface area contributed by atoms with Crippen LogP contribution in [0, 0.1) is 5.92 Å². The van der Waals surface area contributed by atoms with Crippen molar-refractivity contribution in [3.8, 4) is 0 Å². The second kappa shape index (κ2) is 8.91. The van der Waals surface area contributed by atoms with Crippen LogP contribution in [-0.2, 0) is 16.8 Å². The molecule has 0 saturated carbocycles. The van der Waals surface area contributed by atoms with Crippen molar-refractivity contribution < 1.29 is 4.79 Å². The highest BCUT2D eigenvalue weighted by atomic mass is 16.2. The molecule has 2 aromatic carbocycles. The number of benzene rings is 2. The molecule has 0 N–H and O–H groups in total. The maximum atomic E-state index is 14.1. The molecule has 0 radical (unpaired) electrons. The molecule has 1 amide bonds. The van der Waals surface area contributed by atoms with Gasteiger partial charge in [-0.15, -0.1) is 0 Å². The van der Waals surface area contributed by atoms with Gasteiger partial charge in [-0.05, 0) is 42.4 Å². The number of nitrogens with zero attached hydrogens (tertiary/aromatic N) is 2. The third kappa shape index (κ3) is 3.75. The minimum absolute atomic E-state index is 0.198. The van der Waals surface area contributed by atoms with Gasteiger partial charge >= 0.3 is 0 Å². The van der Waals surface area contributed by atoms with E-state index in [2.05, 4.69) is 78.6 Å². The second-order valence-corrected chi connectivity index (χ2v) is 9.25. The molecule has 3 unspecified atom stereocenters. The largest absolute Gasteiger partial charge is 0.307 e. The molecule has 164 valence electrons. The standard InChI is InChI=1S/C29H32N2O/c1-2-3-4-10-17-29(18-19-30-21-24-15-16-25(30)20-24)26-13-8-9-14-27(26)31(28(29)32)22-23-11-6-5-7-12-23/h3-17,24-25H,2,18-22H2,1H3/b4-3+,17-10+. The average Bonchev–Trinajstić information content (AvgIpc) is 3.51. The van der Waals surface area contributed by atoms with Gasteiger partial charge in [0.25, 0.3) is 0 Å². The molecule has 0 aromatic heterocycles. The first kappa shape index (κ1) is 21.0. The van der Waals surface area contributed by atoms with Crippen molar-refractivity contribution in [2.24, 2.45) is 5.92 Å². The lowest BCUT2D eigenvalue weighted by Crippen LogP contribution is -2.42. The first-order valence-corrected chi connectivity index (χ1v) is 11.9. The van der Waals surface area contributed by atoms with Crippen molar-refractivity contribution in [1.29, 1.82) is 0 Å². The quantitative estimate of drug-likeness (QED) is 0.404. The van der Waals surface area contributed by atoms with Crippen LogP contribution in [0.5, 0.6) is 0 Å².